The van der Waals surface area contributed by atoms with Crippen molar-refractivity contribution >= 4 is 33.6 Å². The van der Waals surface area contributed by atoms with Crippen molar-refractivity contribution in [1.29, 1.82) is 0 Å². The highest BCUT2D eigenvalue weighted by Gasteiger charge is 2.50. The molecular weight excluding hydrogens is 522 g/mol. The number of ether oxygens (including phenoxy) is 1. The van der Waals surface area contributed by atoms with Crippen LogP contribution < -0.4 is 10.1 Å². The summed E-state index contributed by atoms with van der Waals surface area (Å²) in [5.41, 5.74) is -0.287. The summed E-state index contributed by atoms with van der Waals surface area (Å²) in [6, 6.07) is 14.2. The number of nitrogens with zero attached hydrogens (tertiary/aromatic N) is 2. The summed E-state index contributed by atoms with van der Waals surface area (Å²) >= 11 is 1.66. The molecule has 2 aromatic rings. The molecule has 1 saturated carbocycles. The Hall–Kier alpha value is -2.56. The molecule has 8 nitrogen and oxygen atoms in total. The molecule has 0 bridgehead atoms. The number of rotatable bonds is 9. The minimum atomic E-state index is -4.01. The van der Waals surface area contributed by atoms with Crippen LogP contribution in [0.25, 0.3) is 0 Å². The van der Waals surface area contributed by atoms with Gasteiger partial charge in [-0.25, -0.2) is 8.42 Å². The number of sulfonamides is 1. The lowest BCUT2D eigenvalue weighted by Gasteiger charge is -2.47. The highest BCUT2D eigenvalue weighted by Crippen LogP contribution is 2.30. The van der Waals surface area contributed by atoms with Crippen molar-refractivity contribution in [2.45, 2.75) is 66.8 Å². The third-order valence-corrected chi connectivity index (χ3v) is 10.2. The van der Waals surface area contributed by atoms with Crippen LogP contribution in [0.5, 0.6) is 5.75 Å². The van der Waals surface area contributed by atoms with Crippen LogP contribution in [-0.2, 0) is 26.0 Å². The van der Waals surface area contributed by atoms with Crippen LogP contribution >= 0.6 is 11.8 Å². The number of hydrogen-bond acceptors (Lipinski definition) is 6. The number of nitrogens with one attached hydrogen (secondary N) is 1. The number of thioether (sulfide) groups is 1. The van der Waals surface area contributed by atoms with Crippen LogP contribution in [0.15, 0.2) is 58.3 Å². The first-order valence-corrected chi connectivity index (χ1v) is 15.7. The smallest absolute Gasteiger partial charge is 0.247 e. The fraction of sp³-hybridized carbons (Fsp3) is 0.500. The Morgan fingerprint density at radius 1 is 1.08 bits per heavy atom. The van der Waals surface area contributed by atoms with E-state index < -0.39 is 15.6 Å². The van der Waals surface area contributed by atoms with Crippen molar-refractivity contribution < 1.29 is 22.7 Å². The summed E-state index contributed by atoms with van der Waals surface area (Å²) in [5, 5.41) is 3.15. The van der Waals surface area contributed by atoms with Crippen LogP contribution in [0, 0.1) is 0 Å². The Morgan fingerprint density at radius 2 is 1.74 bits per heavy atom. The zero-order valence-electron chi connectivity index (χ0n) is 22.3. The first-order chi connectivity index (χ1) is 18.2. The van der Waals surface area contributed by atoms with Crippen molar-refractivity contribution in [1.82, 2.24) is 14.5 Å². The van der Waals surface area contributed by atoms with E-state index in [1.54, 1.807) is 35.7 Å². The SMILES string of the molecule is COc1ccc(S(=O)(=O)N2CC(=O)N(CCc3ccc(SC)cc3)[C@](C)(C(=O)NC3CCCCC3)C2)cc1. The number of hydrogen-bond donors (Lipinski definition) is 1. The van der Waals surface area contributed by atoms with Gasteiger partial charge in [0.1, 0.15) is 11.3 Å². The number of methoxy groups -OCH3 is 1. The van der Waals surface area contributed by atoms with Crippen molar-refractivity contribution in [2.24, 2.45) is 0 Å². The molecule has 2 aliphatic rings. The summed E-state index contributed by atoms with van der Waals surface area (Å²) in [7, 11) is -2.50. The lowest BCUT2D eigenvalue weighted by atomic mass is 9.91. The van der Waals surface area contributed by atoms with Crippen molar-refractivity contribution in [2.75, 3.05) is 33.0 Å². The second-order valence-corrected chi connectivity index (χ2v) is 13.0. The number of amides is 2. The van der Waals surface area contributed by atoms with Gasteiger partial charge in [0.2, 0.25) is 21.8 Å². The quantitative estimate of drug-likeness (QED) is 0.471. The summed E-state index contributed by atoms with van der Waals surface area (Å²) in [5.74, 6) is -0.146. The topological polar surface area (TPSA) is 96.0 Å². The maximum Gasteiger partial charge on any atom is 0.247 e. The van der Waals surface area contributed by atoms with Crippen molar-refractivity contribution in [3.63, 3.8) is 0 Å². The van der Waals surface area contributed by atoms with E-state index in [9.17, 15) is 18.0 Å². The normalized spacial score (nSPS) is 21.3. The fourth-order valence-electron chi connectivity index (χ4n) is 5.25. The molecule has 0 radical (unpaired) electrons. The highest BCUT2D eigenvalue weighted by molar-refractivity contribution is 7.98. The molecule has 0 aromatic heterocycles. The number of piperazine rings is 1. The minimum Gasteiger partial charge on any atom is -0.497 e. The standard InChI is InChI=1S/C28H37N3O5S2/c1-28(27(33)29-22-7-5-4-6-8-22)20-30(38(34,35)25-15-11-23(36-2)12-16-25)19-26(32)31(28)18-17-21-9-13-24(37-3)14-10-21/h9-16,22H,4-8,17-20H2,1-3H3,(H,29,33)/t28-/m0/s1. The molecular formula is C28H37N3O5S2. The monoisotopic (exact) mass is 559 g/mol. The van der Waals surface area contributed by atoms with Crippen LogP contribution in [0.4, 0.5) is 0 Å². The Bertz CT molecular complexity index is 1230. The molecule has 38 heavy (non-hydrogen) atoms. The molecule has 1 aliphatic carbocycles. The lowest BCUT2D eigenvalue weighted by Crippen LogP contribution is -2.70. The van der Waals surface area contributed by atoms with E-state index in [0.29, 0.717) is 18.7 Å². The number of carbonyl (C=O) groups is 2. The highest BCUT2D eigenvalue weighted by atomic mass is 32.2. The van der Waals surface area contributed by atoms with Crippen molar-refractivity contribution in [3.05, 3.63) is 54.1 Å². The summed E-state index contributed by atoms with van der Waals surface area (Å²) in [6.45, 7) is 1.58. The van der Waals surface area contributed by atoms with Gasteiger partial charge in [-0.3, -0.25) is 9.59 Å². The Labute approximate surface area is 230 Å². The zero-order chi connectivity index (χ0) is 27.3. The van der Waals surface area contributed by atoms with Crippen LogP contribution in [-0.4, -0.2) is 74.0 Å². The molecule has 4 rings (SSSR count). The summed E-state index contributed by atoms with van der Waals surface area (Å²) < 4.78 is 33.4. The average Bonchev–Trinajstić information content (AvgIpc) is 2.93. The van der Waals surface area contributed by atoms with E-state index in [-0.39, 0.29) is 35.8 Å². The minimum absolute atomic E-state index is 0.0395. The second kappa shape index (κ2) is 12.1. The van der Waals surface area contributed by atoms with E-state index >= 15 is 0 Å². The van der Waals surface area contributed by atoms with Gasteiger partial charge in [0.25, 0.3) is 0 Å². The Kier molecular flexibility index (Phi) is 9.05. The zero-order valence-corrected chi connectivity index (χ0v) is 23.9. The molecule has 1 aliphatic heterocycles. The molecule has 10 heteroatoms. The van der Waals surface area contributed by atoms with Crippen LogP contribution in [0.1, 0.15) is 44.6 Å². The maximum absolute atomic E-state index is 13.8. The van der Waals surface area contributed by atoms with Crippen LogP contribution in [0.3, 0.4) is 0 Å². The van der Waals surface area contributed by atoms with Gasteiger partial charge in [-0.2, -0.15) is 4.31 Å². The number of carbonyl (C=O) groups excluding carboxylic acids is 2. The second-order valence-electron chi connectivity index (χ2n) is 10.2. The van der Waals surface area contributed by atoms with Crippen molar-refractivity contribution in [3.8, 4) is 5.75 Å². The lowest BCUT2D eigenvalue weighted by molar-refractivity contribution is -0.153. The summed E-state index contributed by atoms with van der Waals surface area (Å²) in [4.78, 5) is 30.1. The fourth-order valence-corrected chi connectivity index (χ4v) is 7.14. The first kappa shape index (κ1) is 28.4. The molecule has 1 atom stereocenters. The predicted octanol–water partition coefficient (Wildman–Crippen LogP) is 3.70. The third-order valence-electron chi connectivity index (χ3n) is 7.60. The van der Waals surface area contributed by atoms with E-state index in [1.165, 1.54) is 19.2 Å². The predicted molar refractivity (Wildman–Crippen MR) is 149 cm³/mol. The van der Waals surface area contributed by atoms with Crippen LogP contribution in [0.2, 0.25) is 0 Å². The van der Waals surface area contributed by atoms with Gasteiger partial charge in [0.15, 0.2) is 0 Å². The van der Waals surface area contributed by atoms with Gasteiger partial charge in [-0.1, -0.05) is 31.4 Å². The van der Waals surface area contributed by atoms with E-state index in [2.05, 4.69) is 5.32 Å². The first-order valence-electron chi connectivity index (χ1n) is 13.1. The Balaban J connectivity index is 1.60. The molecule has 0 spiro atoms. The van der Waals surface area contributed by atoms with Gasteiger partial charge in [0, 0.05) is 24.0 Å². The molecule has 2 aromatic carbocycles. The number of benzene rings is 2. The van der Waals surface area contributed by atoms with Gasteiger partial charge in [0.05, 0.1) is 18.6 Å². The largest absolute Gasteiger partial charge is 0.497 e. The van der Waals surface area contributed by atoms with Gasteiger partial charge in [-0.15, -0.1) is 11.8 Å². The average molecular weight is 560 g/mol. The van der Waals surface area contributed by atoms with E-state index in [4.69, 9.17) is 4.74 Å². The third kappa shape index (κ3) is 6.18. The Morgan fingerprint density at radius 3 is 2.34 bits per heavy atom. The van der Waals surface area contributed by atoms with Gasteiger partial charge >= 0.3 is 0 Å². The molecule has 2 amide bonds. The maximum atomic E-state index is 13.8. The molecule has 0 unspecified atom stereocenters. The molecule has 2 fully saturated rings. The molecule has 206 valence electrons. The molecule has 1 N–H and O–H groups in total. The van der Waals surface area contributed by atoms with E-state index in [0.717, 1.165) is 46.9 Å². The van der Waals surface area contributed by atoms with Gasteiger partial charge in [-0.05, 0) is 74.4 Å². The van der Waals surface area contributed by atoms with Gasteiger partial charge < -0.3 is 15.0 Å². The molecule has 1 heterocycles. The summed E-state index contributed by atoms with van der Waals surface area (Å²) in [6.07, 6.45) is 7.62. The van der Waals surface area contributed by atoms with E-state index in [1.807, 2.05) is 30.5 Å². The molecule has 1 saturated heterocycles.